The van der Waals surface area contributed by atoms with Gasteiger partial charge in [-0.3, -0.25) is 25.2 Å². The first-order chi connectivity index (χ1) is 17.0. The molecule has 9 heteroatoms. The summed E-state index contributed by atoms with van der Waals surface area (Å²) in [7, 11) is 1.55. The molecule has 4 rings (SSSR count). The maximum absolute atomic E-state index is 12.3. The van der Waals surface area contributed by atoms with Gasteiger partial charge in [0.1, 0.15) is 11.5 Å². The number of aromatic amines is 1. The lowest BCUT2D eigenvalue weighted by molar-refractivity contribution is -0.121. The fourth-order valence-electron chi connectivity index (χ4n) is 3.44. The van der Waals surface area contributed by atoms with E-state index in [0.717, 1.165) is 16.5 Å². The summed E-state index contributed by atoms with van der Waals surface area (Å²) in [6, 6.07) is 20.9. The van der Waals surface area contributed by atoms with Crippen LogP contribution in [0, 0.1) is 0 Å². The molecule has 4 N–H and O–H groups in total. The third kappa shape index (κ3) is 6.17. The Bertz CT molecular complexity index is 1350. The number of rotatable bonds is 8. The maximum Gasteiger partial charge on any atom is 0.269 e. The molecule has 178 valence electrons. The van der Waals surface area contributed by atoms with Crippen molar-refractivity contribution >= 4 is 34.3 Å². The van der Waals surface area contributed by atoms with Crippen LogP contribution in [-0.2, 0) is 16.0 Å². The topological polar surface area (TPSA) is 122 Å². The number of hydrazine groups is 1. The highest BCUT2D eigenvalue weighted by Crippen LogP contribution is 2.18. The molecule has 9 nitrogen and oxygen atoms in total. The van der Waals surface area contributed by atoms with Gasteiger partial charge in [0.25, 0.3) is 11.8 Å². The standard InChI is InChI=1S/C26H24N4O5/c1-34-21-6-4-5-19(14-21)28-25(32)16-35-20-11-9-17(10-12-20)26(33)30-29-24(31)13-18-15-27-23-8-3-2-7-22(18)23/h2-12,14-15,27H,13,16H2,1H3,(H,28,32)(H,29,31)(H,30,33). The number of nitrogens with one attached hydrogen (secondary N) is 4. The van der Waals surface area contributed by atoms with Crippen molar-refractivity contribution in [3.8, 4) is 11.5 Å². The second kappa shape index (κ2) is 10.9. The van der Waals surface area contributed by atoms with Gasteiger partial charge in [0, 0.05) is 34.4 Å². The molecule has 1 aromatic heterocycles. The molecule has 4 aromatic rings. The van der Waals surface area contributed by atoms with Crippen molar-refractivity contribution in [1.29, 1.82) is 0 Å². The summed E-state index contributed by atoms with van der Waals surface area (Å²) >= 11 is 0. The van der Waals surface area contributed by atoms with Crippen LogP contribution >= 0.6 is 0 Å². The number of carbonyl (C=O) groups excluding carboxylic acids is 3. The van der Waals surface area contributed by atoms with E-state index in [2.05, 4.69) is 21.2 Å². The van der Waals surface area contributed by atoms with E-state index >= 15 is 0 Å². The predicted molar refractivity (Wildman–Crippen MR) is 131 cm³/mol. The molecule has 0 bridgehead atoms. The van der Waals surface area contributed by atoms with Crippen LogP contribution in [-0.4, -0.2) is 36.4 Å². The number of amides is 3. The number of para-hydroxylation sites is 1. The number of carbonyl (C=O) groups is 3. The molecule has 0 saturated heterocycles. The van der Waals surface area contributed by atoms with Gasteiger partial charge < -0.3 is 19.8 Å². The molecule has 0 aliphatic rings. The Balaban J connectivity index is 1.23. The Morgan fingerprint density at radius 2 is 1.66 bits per heavy atom. The zero-order valence-corrected chi connectivity index (χ0v) is 19.0. The fraction of sp³-hybridized carbons (Fsp3) is 0.115. The Hall–Kier alpha value is -4.79. The van der Waals surface area contributed by atoms with Gasteiger partial charge in [0.15, 0.2) is 6.61 Å². The molecule has 0 aliphatic heterocycles. The normalized spacial score (nSPS) is 10.4. The van der Waals surface area contributed by atoms with Crippen molar-refractivity contribution in [3.05, 3.63) is 90.1 Å². The second-order valence-electron chi connectivity index (χ2n) is 7.63. The number of aromatic nitrogens is 1. The second-order valence-corrected chi connectivity index (χ2v) is 7.63. The third-order valence-corrected chi connectivity index (χ3v) is 5.18. The van der Waals surface area contributed by atoms with Crippen LogP contribution in [0.5, 0.6) is 11.5 Å². The van der Waals surface area contributed by atoms with Gasteiger partial charge in [-0.1, -0.05) is 24.3 Å². The third-order valence-electron chi connectivity index (χ3n) is 5.18. The van der Waals surface area contributed by atoms with Crippen LogP contribution in [0.25, 0.3) is 10.9 Å². The summed E-state index contributed by atoms with van der Waals surface area (Å²) < 4.78 is 10.6. The molecule has 3 amide bonds. The van der Waals surface area contributed by atoms with E-state index in [9.17, 15) is 14.4 Å². The maximum atomic E-state index is 12.3. The molecule has 1 heterocycles. The molecule has 35 heavy (non-hydrogen) atoms. The SMILES string of the molecule is COc1cccc(NC(=O)COc2ccc(C(=O)NNC(=O)Cc3c[nH]c4ccccc34)cc2)c1. The van der Waals surface area contributed by atoms with Crippen LogP contribution < -0.4 is 25.6 Å². The lowest BCUT2D eigenvalue weighted by Gasteiger charge is -2.10. The number of fused-ring (bicyclic) bond motifs is 1. The van der Waals surface area contributed by atoms with E-state index in [4.69, 9.17) is 9.47 Å². The van der Waals surface area contributed by atoms with Gasteiger partial charge in [-0.2, -0.15) is 0 Å². The predicted octanol–water partition coefficient (Wildman–Crippen LogP) is 3.20. The zero-order chi connectivity index (χ0) is 24.6. The van der Waals surface area contributed by atoms with E-state index in [0.29, 0.717) is 22.7 Å². The van der Waals surface area contributed by atoms with Gasteiger partial charge in [-0.15, -0.1) is 0 Å². The summed E-state index contributed by atoms with van der Waals surface area (Å²) in [6.45, 7) is -0.202. The van der Waals surface area contributed by atoms with Crippen molar-refractivity contribution in [2.24, 2.45) is 0 Å². The fourth-order valence-corrected chi connectivity index (χ4v) is 3.44. The molecule has 0 unspecified atom stereocenters. The molecular weight excluding hydrogens is 448 g/mol. The minimum absolute atomic E-state index is 0.120. The van der Waals surface area contributed by atoms with E-state index in [-0.39, 0.29) is 24.8 Å². The van der Waals surface area contributed by atoms with Crippen molar-refractivity contribution in [3.63, 3.8) is 0 Å². The van der Waals surface area contributed by atoms with Crippen LogP contribution in [0.15, 0.2) is 79.0 Å². The van der Waals surface area contributed by atoms with Gasteiger partial charge in [0.05, 0.1) is 13.5 Å². The Morgan fingerprint density at radius 3 is 2.46 bits per heavy atom. The zero-order valence-electron chi connectivity index (χ0n) is 19.0. The smallest absolute Gasteiger partial charge is 0.269 e. The highest BCUT2D eigenvalue weighted by atomic mass is 16.5. The van der Waals surface area contributed by atoms with Crippen LogP contribution in [0.2, 0.25) is 0 Å². The number of benzene rings is 3. The van der Waals surface area contributed by atoms with Crippen molar-refractivity contribution < 1.29 is 23.9 Å². The van der Waals surface area contributed by atoms with Crippen LogP contribution in [0.3, 0.4) is 0 Å². The lowest BCUT2D eigenvalue weighted by Crippen LogP contribution is -2.42. The summed E-state index contributed by atoms with van der Waals surface area (Å²) in [4.78, 5) is 39.8. The summed E-state index contributed by atoms with van der Waals surface area (Å²) in [5.74, 6) is -0.0971. The molecule has 0 radical (unpaired) electrons. The van der Waals surface area contributed by atoms with E-state index in [1.807, 2.05) is 24.3 Å². The van der Waals surface area contributed by atoms with Gasteiger partial charge in [-0.05, 0) is 48.0 Å². The van der Waals surface area contributed by atoms with Crippen molar-refractivity contribution in [2.75, 3.05) is 19.0 Å². The number of hydrogen-bond donors (Lipinski definition) is 4. The monoisotopic (exact) mass is 472 g/mol. The molecule has 0 aliphatic carbocycles. The Labute approximate surface area is 201 Å². The van der Waals surface area contributed by atoms with Crippen LogP contribution in [0.1, 0.15) is 15.9 Å². The minimum atomic E-state index is -0.473. The molecule has 0 saturated carbocycles. The summed E-state index contributed by atoms with van der Waals surface area (Å²) in [5.41, 5.74) is 7.53. The molecule has 0 fully saturated rings. The number of H-pyrrole nitrogens is 1. The first-order valence-corrected chi connectivity index (χ1v) is 10.8. The van der Waals surface area contributed by atoms with Crippen molar-refractivity contribution in [1.82, 2.24) is 15.8 Å². The van der Waals surface area contributed by atoms with Gasteiger partial charge in [0.2, 0.25) is 5.91 Å². The molecule has 3 aromatic carbocycles. The molecule has 0 atom stereocenters. The van der Waals surface area contributed by atoms with Crippen molar-refractivity contribution in [2.45, 2.75) is 6.42 Å². The number of anilines is 1. The van der Waals surface area contributed by atoms with E-state index in [1.165, 1.54) is 12.1 Å². The largest absolute Gasteiger partial charge is 0.497 e. The van der Waals surface area contributed by atoms with E-state index < -0.39 is 5.91 Å². The van der Waals surface area contributed by atoms with E-state index in [1.54, 1.807) is 49.7 Å². The Morgan fingerprint density at radius 1 is 0.857 bits per heavy atom. The summed E-state index contributed by atoms with van der Waals surface area (Å²) in [6.07, 6.45) is 1.90. The number of ether oxygens (including phenoxy) is 2. The van der Waals surface area contributed by atoms with Gasteiger partial charge >= 0.3 is 0 Å². The average molecular weight is 473 g/mol. The lowest BCUT2D eigenvalue weighted by atomic mass is 10.1. The first kappa shape index (κ1) is 23.4. The molecule has 0 spiro atoms. The average Bonchev–Trinajstić information content (AvgIpc) is 3.29. The highest BCUT2D eigenvalue weighted by molar-refractivity contribution is 5.96. The molecular formula is C26H24N4O5. The quantitative estimate of drug-likeness (QED) is 0.294. The van der Waals surface area contributed by atoms with Crippen LogP contribution in [0.4, 0.5) is 5.69 Å². The highest BCUT2D eigenvalue weighted by Gasteiger charge is 2.11. The first-order valence-electron chi connectivity index (χ1n) is 10.8. The number of hydrogen-bond acceptors (Lipinski definition) is 5. The Kier molecular flexibility index (Phi) is 7.27. The summed E-state index contributed by atoms with van der Waals surface area (Å²) in [5, 5.41) is 3.68. The van der Waals surface area contributed by atoms with Gasteiger partial charge in [-0.25, -0.2) is 0 Å². The minimum Gasteiger partial charge on any atom is -0.497 e. The number of methoxy groups -OCH3 is 1.